The first-order valence-electron chi connectivity index (χ1n) is 5.70. The Morgan fingerprint density at radius 2 is 1.82 bits per heavy atom. The standard InChI is InChI=1S/C13H18N2O2/c1-4-15(5-2)13(14-17-3)12(16)11-9-7-6-8-10-11/h6-10H,4-5H2,1-3H3/b14-13+. The minimum atomic E-state index is -0.115. The average Bonchev–Trinajstić information content (AvgIpc) is 2.39. The van der Waals surface area contributed by atoms with Crippen LogP contribution in [0.25, 0.3) is 0 Å². The molecule has 0 heterocycles. The summed E-state index contributed by atoms with van der Waals surface area (Å²) >= 11 is 0. The van der Waals surface area contributed by atoms with Crippen LogP contribution in [-0.4, -0.2) is 36.7 Å². The van der Waals surface area contributed by atoms with Crippen LogP contribution in [0.5, 0.6) is 0 Å². The average molecular weight is 234 g/mol. The van der Waals surface area contributed by atoms with Crippen LogP contribution in [0.2, 0.25) is 0 Å². The van der Waals surface area contributed by atoms with Crippen LogP contribution >= 0.6 is 0 Å². The van der Waals surface area contributed by atoms with Crippen LogP contribution < -0.4 is 0 Å². The molecule has 0 saturated heterocycles. The first kappa shape index (κ1) is 13.2. The van der Waals surface area contributed by atoms with Crippen molar-refractivity contribution in [3.63, 3.8) is 0 Å². The van der Waals surface area contributed by atoms with Gasteiger partial charge in [0.05, 0.1) is 0 Å². The van der Waals surface area contributed by atoms with E-state index in [2.05, 4.69) is 5.16 Å². The maximum Gasteiger partial charge on any atom is 0.231 e. The minimum Gasteiger partial charge on any atom is -0.397 e. The monoisotopic (exact) mass is 234 g/mol. The molecule has 92 valence electrons. The Morgan fingerprint density at radius 1 is 1.24 bits per heavy atom. The number of Topliss-reactive ketones (excluding diaryl/α,β-unsaturated/α-hetero) is 1. The van der Waals surface area contributed by atoms with Crippen LogP contribution in [0.15, 0.2) is 35.5 Å². The lowest BCUT2D eigenvalue weighted by Crippen LogP contribution is -2.36. The summed E-state index contributed by atoms with van der Waals surface area (Å²) in [5.74, 6) is 0.236. The molecule has 0 unspecified atom stereocenters. The van der Waals surface area contributed by atoms with E-state index in [1.165, 1.54) is 7.11 Å². The molecule has 17 heavy (non-hydrogen) atoms. The fraction of sp³-hybridized carbons (Fsp3) is 0.385. The highest BCUT2D eigenvalue weighted by atomic mass is 16.6. The molecule has 0 radical (unpaired) electrons. The number of hydrogen-bond donors (Lipinski definition) is 0. The van der Waals surface area contributed by atoms with Crippen LogP contribution in [0.4, 0.5) is 0 Å². The van der Waals surface area contributed by atoms with Crippen LogP contribution in [0, 0.1) is 0 Å². The van der Waals surface area contributed by atoms with Gasteiger partial charge in [-0.25, -0.2) is 0 Å². The molecule has 0 bridgehead atoms. The maximum atomic E-state index is 12.2. The number of carbonyl (C=O) groups excluding carboxylic acids is 1. The molecular weight excluding hydrogens is 216 g/mol. The quantitative estimate of drug-likeness (QED) is 0.339. The SMILES string of the molecule is CCN(CC)/C(=N/OC)C(=O)c1ccccc1. The molecule has 1 aromatic rings. The fourth-order valence-electron chi connectivity index (χ4n) is 1.57. The molecule has 0 amide bonds. The van der Waals surface area contributed by atoms with Gasteiger partial charge in [-0.3, -0.25) is 4.79 Å². The third-order valence-electron chi connectivity index (χ3n) is 2.48. The van der Waals surface area contributed by atoms with E-state index < -0.39 is 0 Å². The van der Waals surface area contributed by atoms with Crippen LogP contribution in [-0.2, 0) is 4.84 Å². The molecule has 0 spiro atoms. The zero-order valence-corrected chi connectivity index (χ0v) is 10.5. The highest BCUT2D eigenvalue weighted by Crippen LogP contribution is 2.05. The van der Waals surface area contributed by atoms with Crippen molar-refractivity contribution >= 4 is 11.6 Å². The molecule has 0 atom stereocenters. The molecule has 0 N–H and O–H groups in total. The molecule has 0 aliphatic heterocycles. The smallest absolute Gasteiger partial charge is 0.231 e. The predicted molar refractivity (Wildman–Crippen MR) is 68.1 cm³/mol. The number of amidine groups is 1. The Bertz CT molecular complexity index is 384. The first-order chi connectivity index (χ1) is 8.24. The van der Waals surface area contributed by atoms with E-state index in [9.17, 15) is 4.79 Å². The number of carbonyl (C=O) groups is 1. The van der Waals surface area contributed by atoms with Gasteiger partial charge in [-0.1, -0.05) is 35.5 Å². The molecule has 0 aliphatic rings. The van der Waals surface area contributed by atoms with E-state index >= 15 is 0 Å². The number of oxime groups is 1. The zero-order chi connectivity index (χ0) is 12.7. The van der Waals surface area contributed by atoms with Crippen molar-refractivity contribution < 1.29 is 9.63 Å². The van der Waals surface area contributed by atoms with Gasteiger partial charge in [0.1, 0.15) is 7.11 Å². The predicted octanol–water partition coefficient (Wildman–Crippen LogP) is 2.17. The van der Waals surface area contributed by atoms with E-state index in [1.807, 2.05) is 36.9 Å². The van der Waals surface area contributed by atoms with E-state index in [4.69, 9.17) is 4.84 Å². The summed E-state index contributed by atoms with van der Waals surface area (Å²) in [7, 11) is 1.45. The number of ketones is 1. The zero-order valence-electron chi connectivity index (χ0n) is 10.5. The summed E-state index contributed by atoms with van der Waals surface area (Å²) < 4.78 is 0. The van der Waals surface area contributed by atoms with Gasteiger partial charge >= 0.3 is 0 Å². The summed E-state index contributed by atoms with van der Waals surface area (Å²) in [6.45, 7) is 5.40. The Morgan fingerprint density at radius 3 is 2.29 bits per heavy atom. The van der Waals surface area contributed by atoms with Crippen molar-refractivity contribution in [1.29, 1.82) is 0 Å². The van der Waals surface area contributed by atoms with E-state index in [0.717, 1.165) is 13.1 Å². The second-order valence-electron chi connectivity index (χ2n) is 3.46. The van der Waals surface area contributed by atoms with E-state index in [-0.39, 0.29) is 5.78 Å². The Labute approximate surface area is 102 Å². The molecule has 1 rings (SSSR count). The number of nitrogens with zero attached hydrogens (tertiary/aromatic N) is 2. The number of rotatable bonds is 5. The van der Waals surface area contributed by atoms with Crippen molar-refractivity contribution in [3.8, 4) is 0 Å². The minimum absolute atomic E-state index is 0.115. The molecule has 0 aromatic heterocycles. The van der Waals surface area contributed by atoms with Gasteiger partial charge in [0.15, 0.2) is 0 Å². The summed E-state index contributed by atoms with van der Waals surface area (Å²) in [6, 6.07) is 9.09. The molecule has 0 saturated carbocycles. The first-order valence-corrected chi connectivity index (χ1v) is 5.70. The van der Waals surface area contributed by atoms with Crippen molar-refractivity contribution in [3.05, 3.63) is 35.9 Å². The summed E-state index contributed by atoms with van der Waals surface area (Å²) in [4.78, 5) is 18.9. The van der Waals surface area contributed by atoms with Crippen LogP contribution in [0.1, 0.15) is 24.2 Å². The van der Waals surface area contributed by atoms with Crippen molar-refractivity contribution in [2.75, 3.05) is 20.2 Å². The highest BCUT2D eigenvalue weighted by molar-refractivity contribution is 6.44. The summed E-state index contributed by atoms with van der Waals surface area (Å²) in [5, 5.41) is 3.84. The van der Waals surface area contributed by atoms with Crippen molar-refractivity contribution in [2.45, 2.75) is 13.8 Å². The largest absolute Gasteiger partial charge is 0.397 e. The van der Waals surface area contributed by atoms with Gasteiger partial charge in [-0.2, -0.15) is 0 Å². The van der Waals surface area contributed by atoms with Gasteiger partial charge < -0.3 is 9.74 Å². The molecule has 4 heteroatoms. The maximum absolute atomic E-state index is 12.2. The second-order valence-corrected chi connectivity index (χ2v) is 3.46. The summed E-state index contributed by atoms with van der Waals surface area (Å²) in [5.41, 5.74) is 0.621. The molecule has 4 nitrogen and oxygen atoms in total. The Kier molecular flexibility index (Phi) is 5.20. The third kappa shape index (κ3) is 3.31. The third-order valence-corrected chi connectivity index (χ3v) is 2.48. The van der Waals surface area contributed by atoms with Crippen LogP contribution in [0.3, 0.4) is 0 Å². The lowest BCUT2D eigenvalue weighted by molar-refractivity contribution is 0.103. The topological polar surface area (TPSA) is 41.9 Å². The lowest BCUT2D eigenvalue weighted by Gasteiger charge is -2.20. The van der Waals surface area contributed by atoms with E-state index in [1.54, 1.807) is 12.1 Å². The normalized spacial score (nSPS) is 11.1. The fourth-order valence-corrected chi connectivity index (χ4v) is 1.57. The summed E-state index contributed by atoms with van der Waals surface area (Å²) in [6.07, 6.45) is 0. The van der Waals surface area contributed by atoms with Gasteiger partial charge in [0.25, 0.3) is 0 Å². The van der Waals surface area contributed by atoms with Gasteiger partial charge in [0.2, 0.25) is 11.6 Å². The molecule has 0 aliphatic carbocycles. The number of benzene rings is 1. The van der Waals surface area contributed by atoms with E-state index in [0.29, 0.717) is 11.4 Å². The lowest BCUT2D eigenvalue weighted by atomic mass is 10.1. The molecular formula is C13H18N2O2. The molecule has 0 fully saturated rings. The Hall–Kier alpha value is -1.84. The number of likely N-dealkylation sites (N-methyl/N-ethyl adjacent to an activating group) is 1. The van der Waals surface area contributed by atoms with Crippen molar-refractivity contribution in [1.82, 2.24) is 4.90 Å². The second kappa shape index (κ2) is 6.68. The van der Waals surface area contributed by atoms with Gasteiger partial charge in [0, 0.05) is 18.7 Å². The molecule has 1 aromatic carbocycles. The van der Waals surface area contributed by atoms with Gasteiger partial charge in [-0.15, -0.1) is 0 Å². The Balaban J connectivity index is 3.00. The number of hydrogen-bond acceptors (Lipinski definition) is 3. The van der Waals surface area contributed by atoms with Crippen molar-refractivity contribution in [2.24, 2.45) is 5.16 Å². The highest BCUT2D eigenvalue weighted by Gasteiger charge is 2.19. The van der Waals surface area contributed by atoms with Gasteiger partial charge in [-0.05, 0) is 13.8 Å².